The largest absolute Gasteiger partial charge is 0.377 e. The first kappa shape index (κ1) is 13.6. The van der Waals surface area contributed by atoms with Crippen LogP contribution in [0.3, 0.4) is 0 Å². The summed E-state index contributed by atoms with van der Waals surface area (Å²) in [5.41, 5.74) is 5.12. The first-order valence-corrected chi connectivity index (χ1v) is 6.17. The van der Waals surface area contributed by atoms with E-state index in [1.807, 2.05) is 13.8 Å². The molecule has 0 aromatic heterocycles. The van der Waals surface area contributed by atoms with Crippen molar-refractivity contribution < 1.29 is 4.74 Å². The zero-order valence-electron chi connectivity index (χ0n) is 9.96. The molecule has 16 heavy (non-hydrogen) atoms. The van der Waals surface area contributed by atoms with Crippen LogP contribution >= 0.6 is 15.9 Å². The minimum atomic E-state index is 0.0115. The molecule has 0 spiro atoms. The van der Waals surface area contributed by atoms with Gasteiger partial charge in [0.15, 0.2) is 0 Å². The van der Waals surface area contributed by atoms with Crippen LogP contribution in [0.25, 0.3) is 0 Å². The molecule has 4 heteroatoms. The summed E-state index contributed by atoms with van der Waals surface area (Å²) < 4.78 is 6.63. The Morgan fingerprint density at radius 2 is 2.12 bits per heavy atom. The fourth-order valence-electron chi connectivity index (χ4n) is 1.43. The number of nitrogens with one attached hydrogen (secondary N) is 1. The van der Waals surface area contributed by atoms with Crippen LogP contribution < -0.4 is 11.3 Å². The van der Waals surface area contributed by atoms with Gasteiger partial charge >= 0.3 is 0 Å². The van der Waals surface area contributed by atoms with E-state index in [1.54, 1.807) is 0 Å². The van der Waals surface area contributed by atoms with Gasteiger partial charge in [-0.15, -0.1) is 0 Å². The standard InChI is InChI=1S/C12H19BrN2O/c1-8(2)16-7-12(15-14)10-5-4-9(3)6-11(10)13/h4-6,8,12,15H,7,14H2,1-3H3. The van der Waals surface area contributed by atoms with Gasteiger partial charge in [-0.25, -0.2) is 0 Å². The monoisotopic (exact) mass is 286 g/mol. The minimum absolute atomic E-state index is 0.0115. The van der Waals surface area contributed by atoms with Crippen LogP contribution in [-0.4, -0.2) is 12.7 Å². The van der Waals surface area contributed by atoms with E-state index in [1.165, 1.54) is 5.56 Å². The predicted molar refractivity (Wildman–Crippen MR) is 70.0 cm³/mol. The second-order valence-corrected chi connectivity index (χ2v) is 4.98. The minimum Gasteiger partial charge on any atom is -0.377 e. The van der Waals surface area contributed by atoms with Gasteiger partial charge < -0.3 is 4.74 Å². The summed E-state index contributed by atoms with van der Waals surface area (Å²) >= 11 is 3.54. The predicted octanol–water partition coefficient (Wildman–Crippen LogP) is 2.69. The van der Waals surface area contributed by atoms with Gasteiger partial charge in [-0.05, 0) is 38.0 Å². The molecule has 0 saturated heterocycles. The molecule has 0 heterocycles. The second kappa shape index (κ2) is 6.35. The number of ether oxygens (including phenoxy) is 1. The number of nitrogens with two attached hydrogens (primary N) is 1. The maximum atomic E-state index is 5.57. The van der Waals surface area contributed by atoms with E-state index in [2.05, 4.69) is 46.5 Å². The molecule has 0 bridgehead atoms. The van der Waals surface area contributed by atoms with E-state index in [-0.39, 0.29) is 12.1 Å². The molecule has 0 saturated carbocycles. The molecule has 0 aliphatic rings. The van der Waals surface area contributed by atoms with Gasteiger partial charge in [-0.2, -0.15) is 0 Å². The normalized spacial score (nSPS) is 13.1. The molecule has 1 aromatic carbocycles. The third-order valence-electron chi connectivity index (χ3n) is 2.33. The number of hydrogen-bond acceptors (Lipinski definition) is 3. The van der Waals surface area contributed by atoms with Gasteiger partial charge in [0, 0.05) is 4.47 Å². The fraction of sp³-hybridized carbons (Fsp3) is 0.500. The average molecular weight is 287 g/mol. The van der Waals surface area contributed by atoms with Crippen LogP contribution in [-0.2, 0) is 4.74 Å². The van der Waals surface area contributed by atoms with E-state index in [0.29, 0.717) is 6.61 Å². The molecule has 0 fully saturated rings. The molecular formula is C12H19BrN2O. The van der Waals surface area contributed by atoms with Crippen LogP contribution in [0.2, 0.25) is 0 Å². The van der Waals surface area contributed by atoms with Crippen molar-refractivity contribution in [3.8, 4) is 0 Å². The summed E-state index contributed by atoms with van der Waals surface area (Å²) in [6.45, 7) is 6.65. The first-order chi connectivity index (χ1) is 7.54. The number of hydrazine groups is 1. The number of aryl methyl sites for hydroxylation is 1. The van der Waals surface area contributed by atoms with Crippen LogP contribution in [0.5, 0.6) is 0 Å². The summed E-state index contributed by atoms with van der Waals surface area (Å²) in [7, 11) is 0. The Hall–Kier alpha value is -0.420. The van der Waals surface area contributed by atoms with Crippen LogP contribution in [0.4, 0.5) is 0 Å². The smallest absolute Gasteiger partial charge is 0.0704 e. The topological polar surface area (TPSA) is 47.3 Å². The summed E-state index contributed by atoms with van der Waals surface area (Å²) in [5.74, 6) is 5.55. The molecule has 90 valence electrons. The van der Waals surface area contributed by atoms with Gasteiger partial charge in [0.1, 0.15) is 0 Å². The molecule has 1 rings (SSSR count). The zero-order valence-corrected chi connectivity index (χ0v) is 11.5. The zero-order chi connectivity index (χ0) is 12.1. The number of benzene rings is 1. The second-order valence-electron chi connectivity index (χ2n) is 4.13. The summed E-state index contributed by atoms with van der Waals surface area (Å²) in [5, 5.41) is 0. The molecule has 3 nitrogen and oxygen atoms in total. The molecule has 0 amide bonds. The molecule has 1 atom stereocenters. The highest BCUT2D eigenvalue weighted by atomic mass is 79.9. The van der Waals surface area contributed by atoms with E-state index in [4.69, 9.17) is 10.6 Å². The van der Waals surface area contributed by atoms with Crippen molar-refractivity contribution in [3.63, 3.8) is 0 Å². The highest BCUT2D eigenvalue weighted by Gasteiger charge is 2.13. The third kappa shape index (κ3) is 3.87. The van der Waals surface area contributed by atoms with Crippen molar-refractivity contribution >= 4 is 15.9 Å². The lowest BCUT2D eigenvalue weighted by molar-refractivity contribution is 0.0610. The SMILES string of the molecule is Cc1ccc(C(COC(C)C)NN)c(Br)c1. The lowest BCUT2D eigenvalue weighted by Crippen LogP contribution is -2.32. The van der Waals surface area contributed by atoms with Gasteiger partial charge in [-0.1, -0.05) is 28.1 Å². The summed E-state index contributed by atoms with van der Waals surface area (Å²) in [6.07, 6.45) is 0.208. The van der Waals surface area contributed by atoms with Gasteiger partial charge in [0.05, 0.1) is 18.8 Å². The Kier molecular flexibility index (Phi) is 5.41. The van der Waals surface area contributed by atoms with Crippen molar-refractivity contribution in [3.05, 3.63) is 33.8 Å². The Bertz CT molecular complexity index is 342. The Labute approximate surface area is 105 Å². The maximum Gasteiger partial charge on any atom is 0.0704 e. The van der Waals surface area contributed by atoms with Crippen LogP contribution in [0.1, 0.15) is 31.0 Å². The molecule has 3 N–H and O–H groups in total. The molecular weight excluding hydrogens is 268 g/mol. The summed E-state index contributed by atoms with van der Waals surface area (Å²) in [4.78, 5) is 0. The first-order valence-electron chi connectivity index (χ1n) is 5.38. The van der Waals surface area contributed by atoms with Crippen molar-refractivity contribution in [1.29, 1.82) is 0 Å². The maximum absolute atomic E-state index is 5.57. The molecule has 0 aliphatic carbocycles. The van der Waals surface area contributed by atoms with Gasteiger partial charge in [-0.3, -0.25) is 11.3 Å². The lowest BCUT2D eigenvalue weighted by Gasteiger charge is -2.19. The van der Waals surface area contributed by atoms with E-state index in [9.17, 15) is 0 Å². The molecule has 1 aromatic rings. The average Bonchev–Trinajstić information content (AvgIpc) is 2.21. The molecule has 1 unspecified atom stereocenters. The Balaban J connectivity index is 2.78. The van der Waals surface area contributed by atoms with Crippen LogP contribution in [0.15, 0.2) is 22.7 Å². The molecule has 0 aliphatic heterocycles. The fourth-order valence-corrected chi connectivity index (χ4v) is 2.20. The Morgan fingerprint density at radius 1 is 1.44 bits per heavy atom. The van der Waals surface area contributed by atoms with Gasteiger partial charge in [0.25, 0.3) is 0 Å². The Morgan fingerprint density at radius 3 is 2.62 bits per heavy atom. The number of rotatable bonds is 5. The van der Waals surface area contributed by atoms with E-state index in [0.717, 1.165) is 10.0 Å². The van der Waals surface area contributed by atoms with Crippen molar-refractivity contribution in [1.82, 2.24) is 5.43 Å². The highest BCUT2D eigenvalue weighted by Crippen LogP contribution is 2.24. The van der Waals surface area contributed by atoms with Crippen LogP contribution in [0, 0.1) is 6.92 Å². The van der Waals surface area contributed by atoms with Gasteiger partial charge in [0.2, 0.25) is 0 Å². The number of hydrogen-bond donors (Lipinski definition) is 2. The number of halogens is 1. The quantitative estimate of drug-likeness (QED) is 0.646. The van der Waals surface area contributed by atoms with Crippen molar-refractivity contribution in [2.45, 2.75) is 32.9 Å². The third-order valence-corrected chi connectivity index (χ3v) is 3.02. The van der Waals surface area contributed by atoms with E-state index < -0.39 is 0 Å². The lowest BCUT2D eigenvalue weighted by atomic mass is 10.1. The van der Waals surface area contributed by atoms with Crippen molar-refractivity contribution in [2.24, 2.45) is 5.84 Å². The summed E-state index contributed by atoms with van der Waals surface area (Å²) in [6, 6.07) is 6.22. The van der Waals surface area contributed by atoms with Crippen molar-refractivity contribution in [2.75, 3.05) is 6.61 Å². The molecule has 0 radical (unpaired) electrons. The van der Waals surface area contributed by atoms with E-state index >= 15 is 0 Å². The highest BCUT2D eigenvalue weighted by molar-refractivity contribution is 9.10.